The Bertz CT molecular complexity index is 1290. The number of fused-ring (bicyclic) bond motifs is 1. The number of H-pyrrole nitrogens is 1. The van der Waals surface area contributed by atoms with Gasteiger partial charge in [0.05, 0.1) is 23.5 Å². The molecule has 0 spiro atoms. The zero-order valence-corrected chi connectivity index (χ0v) is 22.1. The predicted molar refractivity (Wildman–Crippen MR) is 139 cm³/mol. The number of alkyl halides is 3. The lowest BCUT2D eigenvalue weighted by molar-refractivity contribution is -0.188. The highest BCUT2D eigenvalue weighted by molar-refractivity contribution is 8.23. The van der Waals surface area contributed by atoms with Gasteiger partial charge in [0, 0.05) is 13.0 Å². The van der Waals surface area contributed by atoms with Crippen LogP contribution >= 0.6 is 10.8 Å². The molecule has 206 valence electrons. The number of amides is 2. The standard InChI is InChI=1S/C26H31F3N4O4S/c1-25(2,3)12-13-33(24(35)26(27,28)29)20(23-30-18-6-4-5-7-19(18)31-23)14-16-8-10-17(11-9-16)21-15-22(34)32-38(21,36)37/h4-11,20-21,36-37H,12-15H2,1-3H3,(H,30,31)(H,32,34)/t20-,21?/m0/s1. The summed E-state index contributed by atoms with van der Waals surface area (Å²) in [6.45, 7) is 5.56. The Morgan fingerprint density at radius 1 is 1.13 bits per heavy atom. The molecule has 0 saturated carbocycles. The Kier molecular flexibility index (Phi) is 7.52. The van der Waals surface area contributed by atoms with Crippen LogP contribution in [0.15, 0.2) is 48.5 Å². The average Bonchev–Trinajstić information content (AvgIpc) is 3.36. The molecule has 0 aliphatic carbocycles. The monoisotopic (exact) mass is 552 g/mol. The van der Waals surface area contributed by atoms with E-state index in [1.165, 1.54) is 0 Å². The van der Waals surface area contributed by atoms with Gasteiger partial charge in [-0.25, -0.2) is 4.98 Å². The number of carbonyl (C=O) groups excluding carboxylic acids is 2. The van der Waals surface area contributed by atoms with E-state index in [1.54, 1.807) is 48.5 Å². The quantitative estimate of drug-likeness (QED) is 0.291. The maximum Gasteiger partial charge on any atom is 0.471 e. The Morgan fingerprint density at radius 3 is 2.34 bits per heavy atom. The zero-order chi connectivity index (χ0) is 27.9. The number of halogens is 3. The lowest BCUT2D eigenvalue weighted by Gasteiger charge is -2.34. The lowest BCUT2D eigenvalue weighted by atomic mass is 9.91. The molecule has 1 saturated heterocycles. The van der Waals surface area contributed by atoms with E-state index in [0.29, 0.717) is 28.6 Å². The Hall–Kier alpha value is -3.09. The molecule has 1 unspecified atom stereocenters. The van der Waals surface area contributed by atoms with Gasteiger partial charge < -0.3 is 9.88 Å². The van der Waals surface area contributed by atoms with Crippen molar-refractivity contribution in [3.63, 3.8) is 0 Å². The Balaban J connectivity index is 1.71. The van der Waals surface area contributed by atoms with Crippen LogP contribution in [0.3, 0.4) is 0 Å². The molecule has 2 heterocycles. The van der Waals surface area contributed by atoms with Gasteiger partial charge in [-0.1, -0.05) is 57.2 Å². The minimum Gasteiger partial charge on any atom is -0.340 e. The number of hydrogen-bond acceptors (Lipinski definition) is 5. The second-order valence-corrected chi connectivity index (χ2v) is 12.7. The summed E-state index contributed by atoms with van der Waals surface area (Å²) in [7, 11) is -3.34. The van der Waals surface area contributed by atoms with Crippen LogP contribution in [-0.2, 0) is 16.0 Å². The van der Waals surface area contributed by atoms with Gasteiger partial charge in [0.25, 0.3) is 0 Å². The van der Waals surface area contributed by atoms with Gasteiger partial charge in [0.2, 0.25) is 5.91 Å². The van der Waals surface area contributed by atoms with Gasteiger partial charge in [0.15, 0.2) is 0 Å². The fraction of sp³-hybridized carbons (Fsp3) is 0.423. The number of nitrogens with one attached hydrogen (secondary N) is 2. The summed E-state index contributed by atoms with van der Waals surface area (Å²) in [5, 5.41) is -0.815. The van der Waals surface area contributed by atoms with Gasteiger partial charge in [-0.15, -0.1) is 10.8 Å². The first-order valence-electron chi connectivity index (χ1n) is 12.1. The molecule has 4 N–H and O–H groups in total. The summed E-state index contributed by atoms with van der Waals surface area (Å²) in [5.74, 6) is -2.17. The predicted octanol–water partition coefficient (Wildman–Crippen LogP) is 5.90. The number of rotatable bonds is 7. The van der Waals surface area contributed by atoms with Crippen molar-refractivity contribution in [3.05, 3.63) is 65.5 Å². The minimum absolute atomic E-state index is 0.0319. The third-order valence-electron chi connectivity index (χ3n) is 6.52. The molecule has 2 aromatic carbocycles. The van der Waals surface area contributed by atoms with Gasteiger partial charge in [-0.05, 0) is 35.1 Å². The number of carbonyl (C=O) groups is 2. The van der Waals surface area contributed by atoms with Crippen LogP contribution in [0.2, 0.25) is 0 Å². The SMILES string of the molecule is CC(C)(C)CCN(C(=O)C(F)(F)F)[C@@H](Cc1ccc(C2CC(=O)NS2(O)O)cc1)c1nc2ccccc2[nH]1. The number of imidazole rings is 1. The molecule has 1 aliphatic rings. The molecule has 1 fully saturated rings. The number of para-hydroxylation sites is 2. The van der Waals surface area contributed by atoms with Crippen LogP contribution in [0, 0.1) is 5.41 Å². The highest BCUT2D eigenvalue weighted by atomic mass is 32.3. The van der Waals surface area contributed by atoms with E-state index in [4.69, 9.17) is 0 Å². The Labute approximate surface area is 220 Å². The zero-order valence-electron chi connectivity index (χ0n) is 21.2. The normalized spacial score (nSPS) is 19.3. The molecule has 12 heteroatoms. The van der Waals surface area contributed by atoms with Crippen LogP contribution in [0.25, 0.3) is 11.0 Å². The van der Waals surface area contributed by atoms with Crippen molar-refractivity contribution < 1.29 is 31.9 Å². The molecule has 3 aromatic rings. The van der Waals surface area contributed by atoms with Crippen LogP contribution in [-0.4, -0.2) is 48.5 Å². The van der Waals surface area contributed by atoms with Crippen LogP contribution in [0.4, 0.5) is 13.2 Å². The summed E-state index contributed by atoms with van der Waals surface area (Å²) in [4.78, 5) is 32.8. The highest BCUT2D eigenvalue weighted by Crippen LogP contribution is 2.56. The number of nitrogens with zero attached hydrogens (tertiary/aromatic N) is 2. The maximum atomic E-state index is 13.8. The first-order chi connectivity index (χ1) is 17.6. The lowest BCUT2D eigenvalue weighted by Crippen LogP contribution is -2.45. The largest absolute Gasteiger partial charge is 0.471 e. The second kappa shape index (κ2) is 10.2. The molecular weight excluding hydrogens is 521 g/mol. The molecule has 38 heavy (non-hydrogen) atoms. The van der Waals surface area contributed by atoms with Gasteiger partial charge in [0.1, 0.15) is 11.1 Å². The van der Waals surface area contributed by atoms with Crippen LogP contribution in [0.1, 0.15) is 61.9 Å². The summed E-state index contributed by atoms with van der Waals surface area (Å²) in [5.41, 5.74) is 2.02. The first-order valence-corrected chi connectivity index (χ1v) is 13.7. The fourth-order valence-corrected chi connectivity index (χ4v) is 5.95. The maximum absolute atomic E-state index is 13.8. The van der Waals surface area contributed by atoms with E-state index < -0.39 is 40.1 Å². The topological polar surface area (TPSA) is 119 Å². The van der Waals surface area contributed by atoms with Crippen molar-refractivity contribution in [3.8, 4) is 0 Å². The smallest absolute Gasteiger partial charge is 0.340 e. The summed E-state index contributed by atoms with van der Waals surface area (Å²) >= 11 is 0. The number of hydrogen-bond donors (Lipinski definition) is 4. The summed E-state index contributed by atoms with van der Waals surface area (Å²) < 4.78 is 63.9. The van der Waals surface area contributed by atoms with E-state index in [2.05, 4.69) is 14.7 Å². The number of aromatic amines is 1. The summed E-state index contributed by atoms with van der Waals surface area (Å²) in [6.07, 6.45) is -4.78. The number of aromatic nitrogens is 2. The van der Waals surface area contributed by atoms with E-state index in [-0.39, 0.29) is 30.6 Å². The van der Waals surface area contributed by atoms with Crippen molar-refractivity contribution in [1.29, 1.82) is 0 Å². The van der Waals surface area contributed by atoms with Gasteiger partial charge >= 0.3 is 12.1 Å². The molecule has 0 radical (unpaired) electrons. The van der Waals surface area contributed by atoms with Crippen molar-refractivity contribution in [2.24, 2.45) is 5.41 Å². The highest BCUT2D eigenvalue weighted by Gasteiger charge is 2.46. The van der Waals surface area contributed by atoms with Crippen molar-refractivity contribution >= 4 is 33.6 Å². The molecule has 0 bridgehead atoms. The molecule has 8 nitrogen and oxygen atoms in total. The van der Waals surface area contributed by atoms with Crippen molar-refractivity contribution in [1.82, 2.24) is 19.6 Å². The van der Waals surface area contributed by atoms with Crippen molar-refractivity contribution in [2.75, 3.05) is 6.54 Å². The van der Waals surface area contributed by atoms with Crippen molar-refractivity contribution in [2.45, 2.75) is 57.5 Å². The third kappa shape index (κ3) is 6.30. The van der Waals surface area contributed by atoms with Gasteiger partial charge in [-0.2, -0.15) is 13.2 Å². The molecule has 2 atom stereocenters. The van der Waals surface area contributed by atoms with Crippen LogP contribution < -0.4 is 4.72 Å². The average molecular weight is 553 g/mol. The molecular formula is C26H31F3N4O4S. The molecule has 1 aliphatic heterocycles. The molecule has 2 amide bonds. The first kappa shape index (κ1) is 27.9. The second-order valence-electron chi connectivity index (χ2n) is 10.7. The fourth-order valence-electron chi connectivity index (χ4n) is 4.47. The van der Waals surface area contributed by atoms with E-state index in [1.807, 2.05) is 20.8 Å². The minimum atomic E-state index is -5.07. The van der Waals surface area contributed by atoms with E-state index in [0.717, 1.165) is 4.90 Å². The van der Waals surface area contributed by atoms with E-state index in [9.17, 15) is 31.9 Å². The van der Waals surface area contributed by atoms with Gasteiger partial charge in [-0.3, -0.25) is 23.4 Å². The van der Waals surface area contributed by atoms with E-state index >= 15 is 0 Å². The Morgan fingerprint density at radius 2 is 1.79 bits per heavy atom. The summed E-state index contributed by atoms with van der Waals surface area (Å²) in [6, 6.07) is 12.6. The molecule has 4 rings (SSSR count). The number of benzene rings is 2. The third-order valence-corrected chi connectivity index (χ3v) is 8.28. The van der Waals surface area contributed by atoms with Crippen LogP contribution in [0.5, 0.6) is 0 Å². The molecule has 1 aromatic heterocycles.